The number of hydrogen-bond donors (Lipinski definition) is 1. The smallest absolute Gasteiger partial charge is 0.228 e. The van der Waals surface area contributed by atoms with Gasteiger partial charge in [0.25, 0.3) is 0 Å². The Bertz CT molecular complexity index is 471. The summed E-state index contributed by atoms with van der Waals surface area (Å²) in [6.45, 7) is 0. The van der Waals surface area contributed by atoms with Crippen molar-refractivity contribution in [3.8, 4) is 0 Å². The van der Waals surface area contributed by atoms with Crippen LogP contribution in [0.15, 0.2) is 35.5 Å². The summed E-state index contributed by atoms with van der Waals surface area (Å²) in [6.07, 6.45) is 3.22. The normalized spacial score (nSPS) is 28.9. The molecule has 0 saturated carbocycles. The van der Waals surface area contributed by atoms with Gasteiger partial charge in [-0.15, -0.1) is 0 Å². The lowest BCUT2D eigenvalue weighted by Crippen LogP contribution is -2.25. The van der Waals surface area contributed by atoms with Crippen LogP contribution in [-0.4, -0.2) is 16.1 Å². The first-order chi connectivity index (χ1) is 7.49. The van der Waals surface area contributed by atoms with Crippen LogP contribution in [0.3, 0.4) is 0 Å². The van der Waals surface area contributed by atoms with E-state index in [0.717, 1.165) is 12.2 Å². The van der Waals surface area contributed by atoms with E-state index in [1.165, 1.54) is 18.3 Å². The zero-order valence-electron chi connectivity index (χ0n) is 8.07. The van der Waals surface area contributed by atoms with Crippen molar-refractivity contribution in [3.63, 3.8) is 0 Å². The van der Waals surface area contributed by atoms with Crippen molar-refractivity contribution in [2.75, 3.05) is 5.73 Å². The van der Waals surface area contributed by atoms with Crippen LogP contribution in [0.1, 0.15) is 11.6 Å². The summed E-state index contributed by atoms with van der Waals surface area (Å²) in [7, 11) is 0. The molecule has 2 unspecified atom stereocenters. The highest BCUT2D eigenvalue weighted by molar-refractivity contribution is 6.25. The number of halogens is 3. The molecule has 1 aromatic heterocycles. The van der Waals surface area contributed by atoms with Crippen molar-refractivity contribution in [1.29, 1.82) is 0 Å². The molecule has 1 aliphatic heterocycles. The molecule has 16 heavy (non-hydrogen) atoms. The van der Waals surface area contributed by atoms with Gasteiger partial charge in [0.1, 0.15) is 11.9 Å². The summed E-state index contributed by atoms with van der Waals surface area (Å²) in [4.78, 5) is 7.27. The van der Waals surface area contributed by atoms with E-state index in [0.29, 0.717) is 5.56 Å². The lowest BCUT2D eigenvalue weighted by Gasteiger charge is -2.25. The molecule has 84 valence electrons. The van der Waals surface area contributed by atoms with Crippen LogP contribution in [0, 0.1) is 0 Å². The zero-order valence-corrected chi connectivity index (χ0v) is 8.83. The van der Waals surface area contributed by atoms with E-state index in [4.69, 9.17) is 17.3 Å². The molecule has 0 spiro atoms. The standard InChI is InChI=1S/C10H8ClF2N3/c11-10(13)3-1-7(12)16-9(10)6-2-4-15-8(14)5-6/h1-5,9H,(H2,14,15). The fraction of sp³-hybridized carbons (Fsp3) is 0.200. The second kappa shape index (κ2) is 3.83. The summed E-state index contributed by atoms with van der Waals surface area (Å²) < 4.78 is 26.8. The Morgan fingerprint density at radius 1 is 1.50 bits per heavy atom. The highest BCUT2D eigenvalue weighted by Crippen LogP contribution is 2.40. The summed E-state index contributed by atoms with van der Waals surface area (Å²) in [6, 6.07) is 1.76. The summed E-state index contributed by atoms with van der Waals surface area (Å²) in [5.74, 6) is -0.565. The molecule has 6 heteroatoms. The maximum atomic E-state index is 13.9. The van der Waals surface area contributed by atoms with Crippen LogP contribution < -0.4 is 5.73 Å². The number of alkyl halides is 2. The lowest BCUT2D eigenvalue weighted by atomic mass is 10.0. The number of nitrogen functional groups attached to an aromatic ring is 1. The van der Waals surface area contributed by atoms with Crippen molar-refractivity contribution in [2.45, 2.75) is 11.2 Å². The molecule has 0 saturated heterocycles. The lowest BCUT2D eigenvalue weighted by molar-refractivity contribution is 0.290. The minimum atomic E-state index is -2.25. The van der Waals surface area contributed by atoms with E-state index < -0.39 is 17.1 Å². The van der Waals surface area contributed by atoms with Gasteiger partial charge in [-0.1, -0.05) is 11.6 Å². The van der Waals surface area contributed by atoms with Crippen LogP contribution in [0.4, 0.5) is 14.6 Å². The average Bonchev–Trinajstić information content (AvgIpc) is 2.22. The predicted octanol–water partition coefficient (Wildman–Crippen LogP) is 2.55. The van der Waals surface area contributed by atoms with Gasteiger partial charge in [-0.05, 0) is 29.8 Å². The molecule has 0 amide bonds. The molecule has 0 aromatic carbocycles. The molecule has 0 aliphatic carbocycles. The molecule has 0 radical (unpaired) electrons. The van der Waals surface area contributed by atoms with Gasteiger partial charge in [-0.25, -0.2) is 14.4 Å². The molecule has 2 N–H and O–H groups in total. The Kier molecular flexibility index (Phi) is 2.63. The predicted molar refractivity (Wildman–Crippen MR) is 58.8 cm³/mol. The number of anilines is 1. The van der Waals surface area contributed by atoms with Gasteiger partial charge >= 0.3 is 0 Å². The zero-order chi connectivity index (χ0) is 11.8. The fourth-order valence-electron chi connectivity index (χ4n) is 1.46. The van der Waals surface area contributed by atoms with E-state index >= 15 is 0 Å². The molecule has 2 heterocycles. The number of aliphatic imine (C=N–C) groups is 1. The Labute approximate surface area is 95.6 Å². The Balaban J connectivity index is 2.43. The Morgan fingerprint density at radius 2 is 2.25 bits per heavy atom. The van der Waals surface area contributed by atoms with E-state index in [-0.39, 0.29) is 5.82 Å². The molecule has 3 nitrogen and oxygen atoms in total. The molecular formula is C10H8ClF2N3. The molecule has 2 atom stereocenters. The number of nitrogens with zero attached hydrogens (tertiary/aromatic N) is 2. The van der Waals surface area contributed by atoms with E-state index in [1.807, 2.05) is 0 Å². The number of pyridine rings is 1. The van der Waals surface area contributed by atoms with Crippen LogP contribution in [0.2, 0.25) is 0 Å². The van der Waals surface area contributed by atoms with Gasteiger partial charge in [0.15, 0.2) is 0 Å². The van der Waals surface area contributed by atoms with E-state index in [2.05, 4.69) is 9.98 Å². The minimum absolute atomic E-state index is 0.204. The topological polar surface area (TPSA) is 51.3 Å². The van der Waals surface area contributed by atoms with Crippen molar-refractivity contribution >= 4 is 23.4 Å². The molecule has 0 fully saturated rings. The molecule has 0 bridgehead atoms. The van der Waals surface area contributed by atoms with Gasteiger partial charge in [-0.2, -0.15) is 4.39 Å². The quantitative estimate of drug-likeness (QED) is 0.771. The first-order valence-corrected chi connectivity index (χ1v) is 4.88. The fourth-order valence-corrected chi connectivity index (χ4v) is 1.69. The van der Waals surface area contributed by atoms with Gasteiger partial charge < -0.3 is 5.73 Å². The molecule has 1 aliphatic rings. The highest BCUT2D eigenvalue weighted by Gasteiger charge is 2.38. The van der Waals surface area contributed by atoms with E-state index in [9.17, 15) is 8.78 Å². The molecule has 2 rings (SSSR count). The number of aromatic nitrogens is 1. The molecule has 1 aromatic rings. The minimum Gasteiger partial charge on any atom is -0.384 e. The van der Waals surface area contributed by atoms with Gasteiger partial charge in [-0.3, -0.25) is 0 Å². The van der Waals surface area contributed by atoms with Crippen LogP contribution in [0.5, 0.6) is 0 Å². The first-order valence-electron chi connectivity index (χ1n) is 4.51. The number of rotatable bonds is 1. The van der Waals surface area contributed by atoms with E-state index in [1.54, 1.807) is 0 Å². The van der Waals surface area contributed by atoms with Crippen molar-refractivity contribution < 1.29 is 8.78 Å². The SMILES string of the molecule is Nc1cc(C2N=C(F)C=CC2(F)Cl)ccn1. The second-order valence-corrected chi connectivity index (χ2v) is 3.96. The second-order valence-electron chi connectivity index (χ2n) is 3.38. The van der Waals surface area contributed by atoms with Crippen LogP contribution in [-0.2, 0) is 0 Å². The van der Waals surface area contributed by atoms with Crippen molar-refractivity contribution in [2.24, 2.45) is 4.99 Å². The monoisotopic (exact) mass is 243 g/mol. The number of hydrogen-bond acceptors (Lipinski definition) is 3. The van der Waals surface area contributed by atoms with Crippen molar-refractivity contribution in [3.05, 3.63) is 36.0 Å². The molecular weight excluding hydrogens is 236 g/mol. The maximum Gasteiger partial charge on any atom is 0.228 e. The third-order valence-electron chi connectivity index (χ3n) is 2.18. The van der Waals surface area contributed by atoms with Gasteiger partial charge in [0, 0.05) is 6.20 Å². The number of nitrogens with two attached hydrogens (primary N) is 1. The van der Waals surface area contributed by atoms with Crippen LogP contribution >= 0.6 is 11.6 Å². The number of dihydropyridines is 1. The third-order valence-corrected chi connectivity index (χ3v) is 2.51. The van der Waals surface area contributed by atoms with Crippen molar-refractivity contribution in [1.82, 2.24) is 4.98 Å². The summed E-state index contributed by atoms with van der Waals surface area (Å²) in [5.41, 5.74) is 5.83. The van der Waals surface area contributed by atoms with Gasteiger partial charge in [0.2, 0.25) is 11.1 Å². The van der Waals surface area contributed by atoms with Gasteiger partial charge in [0.05, 0.1) is 0 Å². The maximum absolute atomic E-state index is 13.9. The highest BCUT2D eigenvalue weighted by atomic mass is 35.5. The summed E-state index contributed by atoms with van der Waals surface area (Å²) in [5, 5.41) is -2.25. The largest absolute Gasteiger partial charge is 0.384 e. The van der Waals surface area contributed by atoms with Crippen LogP contribution in [0.25, 0.3) is 0 Å². The number of allylic oxidation sites excluding steroid dienone is 1. The Morgan fingerprint density at radius 3 is 2.94 bits per heavy atom. The third kappa shape index (κ3) is 2.04. The summed E-state index contributed by atoms with van der Waals surface area (Å²) >= 11 is 5.60. The Hall–Kier alpha value is -1.49. The first kappa shape index (κ1) is 11.0. The average molecular weight is 244 g/mol.